The number of nitrogens with zero attached hydrogens (tertiary/aromatic N) is 3. The summed E-state index contributed by atoms with van der Waals surface area (Å²) in [6.45, 7) is 7.96. The van der Waals surface area contributed by atoms with Crippen LogP contribution in [0.1, 0.15) is 38.8 Å². The number of piperidine rings is 1. The molecule has 1 aliphatic carbocycles. The lowest BCUT2D eigenvalue weighted by molar-refractivity contribution is 0.355. The van der Waals surface area contributed by atoms with Crippen molar-refractivity contribution in [2.75, 3.05) is 18.0 Å². The Bertz CT molecular complexity index is 617. The molecule has 4 nitrogen and oxygen atoms in total. The van der Waals surface area contributed by atoms with Crippen LogP contribution in [0.15, 0.2) is 11.6 Å². The molecule has 1 aliphatic heterocycles. The molecule has 1 saturated carbocycles. The molecule has 2 atom stereocenters. The number of thiazole rings is 1. The van der Waals surface area contributed by atoms with Crippen molar-refractivity contribution in [2.24, 2.45) is 11.8 Å². The van der Waals surface area contributed by atoms with Gasteiger partial charge in [0.1, 0.15) is 0 Å². The summed E-state index contributed by atoms with van der Waals surface area (Å²) in [5, 5.41) is 5.79. The minimum Gasteiger partial charge on any atom is -0.354 e. The number of fused-ring (bicyclic) bond motifs is 1. The Kier molecular flexibility index (Phi) is 3.42. The maximum absolute atomic E-state index is 4.93. The standard InChI is InChI=1S/C16H24N4S/c1-11-7-12(2)10-19(9-11)15-14(8-17-13-3-4-13)20-5-6-21-16(20)18-15/h5-6,11-13,17H,3-4,7-10H2,1-2H3. The van der Waals surface area contributed by atoms with Crippen molar-refractivity contribution in [1.82, 2.24) is 14.7 Å². The van der Waals surface area contributed by atoms with Crippen LogP contribution < -0.4 is 10.2 Å². The highest BCUT2D eigenvalue weighted by molar-refractivity contribution is 7.15. The van der Waals surface area contributed by atoms with Gasteiger partial charge in [0.05, 0.1) is 5.69 Å². The third kappa shape index (κ3) is 2.69. The molecule has 1 N–H and O–H groups in total. The van der Waals surface area contributed by atoms with Crippen molar-refractivity contribution in [1.29, 1.82) is 0 Å². The van der Waals surface area contributed by atoms with Gasteiger partial charge >= 0.3 is 0 Å². The van der Waals surface area contributed by atoms with Crippen LogP contribution in [0.4, 0.5) is 5.82 Å². The highest BCUT2D eigenvalue weighted by Gasteiger charge is 2.28. The van der Waals surface area contributed by atoms with Crippen molar-refractivity contribution >= 4 is 22.1 Å². The zero-order valence-electron chi connectivity index (χ0n) is 12.9. The van der Waals surface area contributed by atoms with Gasteiger partial charge < -0.3 is 10.2 Å². The third-order valence-electron chi connectivity index (χ3n) is 4.64. The smallest absolute Gasteiger partial charge is 0.195 e. The molecule has 0 radical (unpaired) electrons. The first-order valence-corrected chi connectivity index (χ1v) is 9.01. The molecular formula is C16H24N4S. The van der Waals surface area contributed by atoms with E-state index in [2.05, 4.69) is 40.0 Å². The quantitative estimate of drug-likeness (QED) is 0.942. The fourth-order valence-corrected chi connectivity index (χ4v) is 4.33. The Morgan fingerprint density at radius 3 is 2.76 bits per heavy atom. The first kappa shape index (κ1) is 13.6. The Hall–Kier alpha value is -1.07. The minimum absolute atomic E-state index is 0.737. The fraction of sp³-hybridized carbons (Fsp3) is 0.688. The van der Waals surface area contributed by atoms with E-state index in [1.54, 1.807) is 11.3 Å². The van der Waals surface area contributed by atoms with E-state index < -0.39 is 0 Å². The van der Waals surface area contributed by atoms with Gasteiger partial charge in [0.2, 0.25) is 0 Å². The average Bonchev–Trinajstić information content (AvgIpc) is 3.03. The van der Waals surface area contributed by atoms with E-state index in [0.717, 1.165) is 42.5 Å². The second-order valence-corrected chi connectivity index (χ2v) is 7.82. The zero-order chi connectivity index (χ0) is 14.4. The van der Waals surface area contributed by atoms with Crippen molar-refractivity contribution in [3.05, 3.63) is 17.3 Å². The van der Waals surface area contributed by atoms with Gasteiger partial charge in [-0.15, -0.1) is 11.3 Å². The van der Waals surface area contributed by atoms with Crippen molar-refractivity contribution in [3.63, 3.8) is 0 Å². The van der Waals surface area contributed by atoms with Crippen LogP contribution in [0.2, 0.25) is 0 Å². The van der Waals surface area contributed by atoms with E-state index in [1.165, 1.54) is 30.8 Å². The normalized spacial score (nSPS) is 26.7. The van der Waals surface area contributed by atoms with Gasteiger partial charge in [-0.3, -0.25) is 4.40 Å². The number of aromatic nitrogens is 2. The summed E-state index contributed by atoms with van der Waals surface area (Å²) in [6.07, 6.45) is 6.17. The number of hydrogen-bond donors (Lipinski definition) is 1. The van der Waals surface area contributed by atoms with Gasteiger partial charge in [0.15, 0.2) is 10.8 Å². The van der Waals surface area contributed by atoms with Crippen LogP contribution in [0, 0.1) is 11.8 Å². The predicted octanol–water partition coefficient (Wildman–Crippen LogP) is 3.13. The molecule has 2 unspecified atom stereocenters. The summed E-state index contributed by atoms with van der Waals surface area (Å²) in [4.78, 5) is 8.58. The van der Waals surface area contributed by atoms with E-state index >= 15 is 0 Å². The predicted molar refractivity (Wildman–Crippen MR) is 88.1 cm³/mol. The summed E-state index contributed by atoms with van der Waals surface area (Å²) < 4.78 is 2.28. The van der Waals surface area contributed by atoms with Crippen LogP contribution in [0.25, 0.3) is 4.96 Å². The molecule has 5 heteroatoms. The van der Waals surface area contributed by atoms with E-state index in [0.29, 0.717) is 0 Å². The molecule has 3 heterocycles. The van der Waals surface area contributed by atoms with Crippen molar-refractivity contribution in [3.8, 4) is 0 Å². The molecule has 2 aromatic rings. The molecule has 0 amide bonds. The molecule has 2 aromatic heterocycles. The molecule has 0 spiro atoms. The molecule has 1 saturated heterocycles. The average molecular weight is 304 g/mol. The van der Waals surface area contributed by atoms with Crippen molar-refractivity contribution < 1.29 is 0 Å². The van der Waals surface area contributed by atoms with Gasteiger partial charge in [0.25, 0.3) is 0 Å². The van der Waals surface area contributed by atoms with Crippen LogP contribution >= 0.6 is 11.3 Å². The number of nitrogens with one attached hydrogen (secondary N) is 1. The molecule has 114 valence electrons. The summed E-state index contributed by atoms with van der Waals surface area (Å²) in [5.41, 5.74) is 1.35. The first-order chi connectivity index (χ1) is 10.2. The molecular weight excluding hydrogens is 280 g/mol. The number of anilines is 1. The summed E-state index contributed by atoms with van der Waals surface area (Å²) in [7, 11) is 0. The van der Waals surface area contributed by atoms with Gasteiger partial charge in [-0.2, -0.15) is 0 Å². The summed E-state index contributed by atoms with van der Waals surface area (Å²) in [6, 6.07) is 0.737. The summed E-state index contributed by atoms with van der Waals surface area (Å²) >= 11 is 1.74. The first-order valence-electron chi connectivity index (χ1n) is 8.13. The molecule has 0 bridgehead atoms. The second kappa shape index (κ2) is 5.29. The van der Waals surface area contributed by atoms with E-state index in [-0.39, 0.29) is 0 Å². The van der Waals surface area contributed by atoms with Gasteiger partial charge in [-0.25, -0.2) is 4.98 Å². The molecule has 0 aromatic carbocycles. The topological polar surface area (TPSA) is 32.6 Å². The molecule has 4 rings (SSSR count). The van der Waals surface area contributed by atoms with Crippen LogP contribution in [-0.2, 0) is 6.54 Å². The van der Waals surface area contributed by atoms with Crippen LogP contribution in [-0.4, -0.2) is 28.5 Å². The zero-order valence-corrected chi connectivity index (χ0v) is 13.7. The maximum Gasteiger partial charge on any atom is 0.195 e. The Balaban J connectivity index is 1.65. The molecule has 2 fully saturated rings. The van der Waals surface area contributed by atoms with Crippen LogP contribution in [0.3, 0.4) is 0 Å². The number of hydrogen-bond acceptors (Lipinski definition) is 4. The number of rotatable bonds is 4. The highest BCUT2D eigenvalue weighted by Crippen LogP contribution is 2.31. The SMILES string of the molecule is CC1CC(C)CN(c2nc3sccn3c2CNC2CC2)C1. The van der Waals surface area contributed by atoms with Crippen LogP contribution in [0.5, 0.6) is 0 Å². The molecule has 21 heavy (non-hydrogen) atoms. The third-order valence-corrected chi connectivity index (χ3v) is 5.40. The number of imidazole rings is 1. The lowest BCUT2D eigenvalue weighted by atomic mass is 9.92. The highest BCUT2D eigenvalue weighted by atomic mass is 32.1. The minimum atomic E-state index is 0.737. The largest absolute Gasteiger partial charge is 0.354 e. The lowest BCUT2D eigenvalue weighted by Gasteiger charge is -2.35. The Morgan fingerprint density at radius 1 is 1.29 bits per heavy atom. The van der Waals surface area contributed by atoms with Crippen molar-refractivity contribution in [2.45, 2.75) is 45.7 Å². The van der Waals surface area contributed by atoms with Gasteiger partial charge in [-0.1, -0.05) is 13.8 Å². The second-order valence-electron chi connectivity index (χ2n) is 6.94. The van der Waals surface area contributed by atoms with E-state index in [9.17, 15) is 0 Å². The maximum atomic E-state index is 4.93. The molecule has 2 aliphatic rings. The lowest BCUT2D eigenvalue weighted by Crippen LogP contribution is -2.39. The Morgan fingerprint density at radius 2 is 2.05 bits per heavy atom. The monoisotopic (exact) mass is 304 g/mol. The van der Waals surface area contributed by atoms with E-state index in [1.807, 2.05) is 0 Å². The Labute approximate surface area is 130 Å². The van der Waals surface area contributed by atoms with Gasteiger partial charge in [0, 0.05) is 37.3 Å². The van der Waals surface area contributed by atoms with Gasteiger partial charge in [-0.05, 0) is 31.1 Å². The summed E-state index contributed by atoms with van der Waals surface area (Å²) in [5.74, 6) is 2.74. The fourth-order valence-electron chi connectivity index (χ4n) is 3.60. The van der Waals surface area contributed by atoms with E-state index in [4.69, 9.17) is 4.98 Å².